The summed E-state index contributed by atoms with van der Waals surface area (Å²) in [6.45, 7) is 1.91. The zero-order valence-electron chi connectivity index (χ0n) is 24.3. The molecule has 2 aromatic carbocycles. The van der Waals surface area contributed by atoms with E-state index in [9.17, 15) is 14.7 Å². The predicted molar refractivity (Wildman–Crippen MR) is 158 cm³/mol. The van der Waals surface area contributed by atoms with Crippen molar-refractivity contribution in [3.05, 3.63) is 59.7 Å². The standard InChI is InChI=1S/C34H48O6/c1-2-3-4-5-6-7-8-9-10-11-12-13-14-23-33(36)38-24-27(35)25-39-34(37)40-26-32-30-21-17-15-19-28(30)29-20-16-18-22-31(29)32/h15-22,27,32,35H,2-14,23-26H2,1H3/t27-/m1/s1. The van der Waals surface area contributed by atoms with E-state index >= 15 is 0 Å². The molecular formula is C34H48O6. The molecule has 220 valence electrons. The lowest BCUT2D eigenvalue weighted by atomic mass is 9.98. The van der Waals surface area contributed by atoms with Gasteiger partial charge in [-0.15, -0.1) is 0 Å². The van der Waals surface area contributed by atoms with Gasteiger partial charge in [0.1, 0.15) is 25.9 Å². The number of ether oxygens (including phenoxy) is 3. The van der Waals surface area contributed by atoms with Crippen LogP contribution in [0.5, 0.6) is 0 Å². The summed E-state index contributed by atoms with van der Waals surface area (Å²) in [6, 6.07) is 16.2. The summed E-state index contributed by atoms with van der Waals surface area (Å²) in [5, 5.41) is 10.1. The molecule has 0 unspecified atom stereocenters. The number of rotatable bonds is 20. The maximum Gasteiger partial charge on any atom is 0.508 e. The van der Waals surface area contributed by atoms with Crippen LogP contribution in [0.1, 0.15) is 114 Å². The van der Waals surface area contributed by atoms with Crippen molar-refractivity contribution in [1.29, 1.82) is 0 Å². The molecule has 6 heteroatoms. The molecule has 0 radical (unpaired) electrons. The molecule has 3 rings (SSSR count). The average molecular weight is 553 g/mol. The van der Waals surface area contributed by atoms with Crippen LogP contribution in [0.15, 0.2) is 48.5 Å². The van der Waals surface area contributed by atoms with Gasteiger partial charge in [0.2, 0.25) is 0 Å². The molecule has 0 saturated heterocycles. The highest BCUT2D eigenvalue weighted by Gasteiger charge is 2.29. The molecule has 2 aromatic rings. The third-order valence-electron chi connectivity index (χ3n) is 7.65. The maximum absolute atomic E-state index is 12.2. The van der Waals surface area contributed by atoms with Crippen molar-refractivity contribution in [2.45, 2.75) is 109 Å². The lowest BCUT2D eigenvalue weighted by Crippen LogP contribution is -2.26. The Balaban J connectivity index is 1.18. The summed E-state index contributed by atoms with van der Waals surface area (Å²) in [6.07, 6.45) is 14.7. The van der Waals surface area contributed by atoms with E-state index in [1.165, 1.54) is 64.2 Å². The molecule has 0 aliphatic heterocycles. The van der Waals surface area contributed by atoms with Gasteiger partial charge in [0, 0.05) is 12.3 Å². The van der Waals surface area contributed by atoms with Crippen LogP contribution < -0.4 is 0 Å². The Morgan fingerprint density at radius 3 is 1.70 bits per heavy atom. The number of esters is 1. The molecule has 1 atom stereocenters. The van der Waals surface area contributed by atoms with E-state index in [-0.39, 0.29) is 31.7 Å². The molecule has 1 aliphatic rings. The molecule has 0 spiro atoms. The highest BCUT2D eigenvalue weighted by Crippen LogP contribution is 2.44. The van der Waals surface area contributed by atoms with Crippen molar-refractivity contribution in [2.24, 2.45) is 0 Å². The Morgan fingerprint density at radius 1 is 0.675 bits per heavy atom. The summed E-state index contributed by atoms with van der Waals surface area (Å²) in [7, 11) is 0. The van der Waals surface area contributed by atoms with Crippen molar-refractivity contribution >= 4 is 12.1 Å². The van der Waals surface area contributed by atoms with Gasteiger partial charge in [-0.1, -0.05) is 133 Å². The van der Waals surface area contributed by atoms with Crippen molar-refractivity contribution in [3.63, 3.8) is 0 Å². The van der Waals surface area contributed by atoms with E-state index in [0.717, 1.165) is 41.5 Å². The number of carbonyl (C=O) groups excluding carboxylic acids is 2. The van der Waals surface area contributed by atoms with Gasteiger partial charge in [0.05, 0.1) is 0 Å². The summed E-state index contributed by atoms with van der Waals surface area (Å²) < 4.78 is 15.6. The summed E-state index contributed by atoms with van der Waals surface area (Å²) in [4.78, 5) is 24.1. The first-order chi connectivity index (χ1) is 19.6. The van der Waals surface area contributed by atoms with Gasteiger partial charge in [-0.05, 0) is 28.7 Å². The summed E-state index contributed by atoms with van der Waals surface area (Å²) >= 11 is 0. The SMILES string of the molecule is CCCCCCCCCCCCCCCC(=O)OC[C@@H](O)COC(=O)OCC1c2ccccc2-c2ccccc21. The zero-order valence-corrected chi connectivity index (χ0v) is 24.3. The van der Waals surface area contributed by atoms with E-state index in [2.05, 4.69) is 19.1 Å². The van der Waals surface area contributed by atoms with Gasteiger partial charge in [0.25, 0.3) is 0 Å². The summed E-state index contributed by atoms with van der Waals surface area (Å²) in [5.74, 6) is -0.390. The average Bonchev–Trinajstić information content (AvgIpc) is 3.29. The fourth-order valence-corrected chi connectivity index (χ4v) is 5.39. The monoisotopic (exact) mass is 552 g/mol. The number of aliphatic hydroxyl groups excluding tert-OH is 1. The van der Waals surface area contributed by atoms with Crippen molar-refractivity contribution in [2.75, 3.05) is 19.8 Å². The number of aliphatic hydroxyl groups is 1. The van der Waals surface area contributed by atoms with Crippen molar-refractivity contribution in [1.82, 2.24) is 0 Å². The number of hydrogen-bond donors (Lipinski definition) is 1. The Labute approximate surface area is 240 Å². The largest absolute Gasteiger partial charge is 0.508 e. The topological polar surface area (TPSA) is 82.1 Å². The fraction of sp³-hybridized carbons (Fsp3) is 0.588. The molecule has 1 aliphatic carbocycles. The van der Waals surface area contributed by atoms with Crippen LogP contribution in [-0.2, 0) is 19.0 Å². The van der Waals surface area contributed by atoms with E-state index in [1.54, 1.807) is 0 Å². The van der Waals surface area contributed by atoms with Crippen molar-refractivity contribution < 1.29 is 28.9 Å². The lowest BCUT2D eigenvalue weighted by Gasteiger charge is -2.15. The van der Waals surface area contributed by atoms with Gasteiger partial charge in [-0.2, -0.15) is 0 Å². The first kappa shape index (κ1) is 31.7. The second-order valence-electron chi connectivity index (χ2n) is 10.9. The highest BCUT2D eigenvalue weighted by molar-refractivity contribution is 5.79. The Hall–Kier alpha value is -2.86. The quantitative estimate of drug-likeness (QED) is 0.131. The number of carbonyl (C=O) groups is 2. The third-order valence-corrected chi connectivity index (χ3v) is 7.65. The molecular weight excluding hydrogens is 504 g/mol. The highest BCUT2D eigenvalue weighted by atomic mass is 16.7. The maximum atomic E-state index is 12.2. The molecule has 6 nitrogen and oxygen atoms in total. The van der Waals surface area contributed by atoms with Crippen molar-refractivity contribution in [3.8, 4) is 11.1 Å². The molecule has 0 amide bonds. The molecule has 0 saturated carbocycles. The van der Waals surface area contributed by atoms with Crippen LogP contribution in [0.2, 0.25) is 0 Å². The first-order valence-corrected chi connectivity index (χ1v) is 15.4. The Morgan fingerprint density at radius 2 is 1.15 bits per heavy atom. The third kappa shape index (κ3) is 11.0. The minimum atomic E-state index is -1.09. The second kappa shape index (κ2) is 18.5. The van der Waals surface area contributed by atoms with Crippen LogP contribution in [-0.4, -0.2) is 43.2 Å². The van der Waals surface area contributed by atoms with Gasteiger partial charge in [0.15, 0.2) is 0 Å². The fourth-order valence-electron chi connectivity index (χ4n) is 5.39. The minimum Gasteiger partial charge on any atom is -0.463 e. The number of benzene rings is 2. The van der Waals surface area contributed by atoms with Gasteiger partial charge >= 0.3 is 12.1 Å². The van der Waals surface area contributed by atoms with Crippen LogP contribution >= 0.6 is 0 Å². The molecule has 0 heterocycles. The molecule has 0 bridgehead atoms. The summed E-state index contributed by atoms with van der Waals surface area (Å²) in [5.41, 5.74) is 4.53. The van der Waals surface area contributed by atoms with Crippen LogP contribution in [0, 0.1) is 0 Å². The second-order valence-corrected chi connectivity index (χ2v) is 10.9. The molecule has 0 fully saturated rings. The predicted octanol–water partition coefficient (Wildman–Crippen LogP) is 8.34. The molecule has 1 N–H and O–H groups in total. The molecule has 0 aromatic heterocycles. The number of hydrogen-bond acceptors (Lipinski definition) is 6. The molecule has 40 heavy (non-hydrogen) atoms. The first-order valence-electron chi connectivity index (χ1n) is 15.4. The van der Waals surface area contributed by atoms with Crippen LogP contribution in [0.25, 0.3) is 11.1 Å². The van der Waals surface area contributed by atoms with Gasteiger partial charge in [-0.25, -0.2) is 4.79 Å². The minimum absolute atomic E-state index is 0.0593. The van der Waals surface area contributed by atoms with E-state index in [0.29, 0.717) is 6.42 Å². The normalized spacial score (nSPS) is 12.9. The number of unbranched alkanes of at least 4 members (excludes halogenated alkanes) is 12. The van der Waals surface area contributed by atoms with Crippen LogP contribution in [0.3, 0.4) is 0 Å². The lowest BCUT2D eigenvalue weighted by molar-refractivity contribution is -0.147. The Bertz CT molecular complexity index is 973. The smallest absolute Gasteiger partial charge is 0.463 e. The van der Waals surface area contributed by atoms with Gasteiger partial charge < -0.3 is 19.3 Å². The van der Waals surface area contributed by atoms with E-state index in [4.69, 9.17) is 14.2 Å². The van der Waals surface area contributed by atoms with Gasteiger partial charge in [-0.3, -0.25) is 4.79 Å². The van der Waals surface area contributed by atoms with Crippen LogP contribution in [0.4, 0.5) is 4.79 Å². The van der Waals surface area contributed by atoms with E-state index < -0.39 is 12.3 Å². The van der Waals surface area contributed by atoms with E-state index in [1.807, 2.05) is 36.4 Å². The Kier molecular flexibility index (Phi) is 14.6. The number of fused-ring (bicyclic) bond motifs is 3. The zero-order chi connectivity index (χ0) is 28.4.